The summed E-state index contributed by atoms with van der Waals surface area (Å²) in [6.07, 6.45) is 2.28. The van der Waals surface area contributed by atoms with Crippen molar-refractivity contribution in [2.24, 2.45) is 0 Å². The molecule has 0 unspecified atom stereocenters. The van der Waals surface area contributed by atoms with Crippen LogP contribution in [0.25, 0.3) is 66.1 Å². The minimum absolute atomic E-state index is 0. The van der Waals surface area contributed by atoms with Gasteiger partial charge in [-0.05, 0) is 137 Å². The molecule has 0 bridgehead atoms. The summed E-state index contributed by atoms with van der Waals surface area (Å²) in [5.41, 5.74) is 16.1. The number of fused-ring (bicyclic) bond motifs is 8. The van der Waals surface area contributed by atoms with Crippen LogP contribution in [-0.4, -0.2) is 12.7 Å². The fraction of sp³-hybridized carbons (Fsp3) is 0.167. The third-order valence-electron chi connectivity index (χ3n) is 12.0. The first kappa shape index (κ1) is 42.3. The van der Waals surface area contributed by atoms with Gasteiger partial charge in [0.05, 0.1) is 0 Å². The van der Waals surface area contributed by atoms with Crippen LogP contribution < -0.4 is 23.5 Å². The Kier molecular flexibility index (Phi) is 12.5. The van der Waals surface area contributed by atoms with Crippen molar-refractivity contribution < 1.29 is 28.5 Å². The van der Waals surface area contributed by atoms with Crippen molar-refractivity contribution in [3.8, 4) is 50.3 Å². The summed E-state index contributed by atoms with van der Waals surface area (Å²) in [5.74, 6) is 0.625. The molecule has 287 valence electrons. The molecule has 0 fully saturated rings. The van der Waals surface area contributed by atoms with Crippen LogP contribution in [0.1, 0.15) is 69.7 Å². The van der Waals surface area contributed by atoms with Gasteiger partial charge in [-0.3, -0.25) is 0 Å². The summed E-state index contributed by atoms with van der Waals surface area (Å²) in [6, 6.07) is 56.7. The second-order valence-corrected chi connectivity index (χ2v) is 17.3. The van der Waals surface area contributed by atoms with Crippen LogP contribution in [0.3, 0.4) is 0 Å². The maximum atomic E-state index is 8.82. The van der Waals surface area contributed by atoms with Crippen LogP contribution in [0.4, 0.5) is 0 Å². The number of benzene rings is 8. The minimum Gasteiger partial charge on any atom is -0.537 e. The molecule has 0 amide bonds. The van der Waals surface area contributed by atoms with Crippen molar-refractivity contribution in [1.82, 2.24) is 0 Å². The van der Waals surface area contributed by atoms with Gasteiger partial charge in [-0.1, -0.05) is 166 Å². The molecule has 0 heterocycles. The molecule has 0 aliphatic heterocycles. The quantitative estimate of drug-likeness (QED) is 0.138. The van der Waals surface area contributed by atoms with Gasteiger partial charge in [0.25, 0.3) is 0 Å². The molecule has 2 nitrogen and oxygen atoms in total. The van der Waals surface area contributed by atoms with Crippen molar-refractivity contribution >= 4 is 45.2 Å². The van der Waals surface area contributed by atoms with Gasteiger partial charge in [0, 0.05) is 15.3 Å². The Morgan fingerprint density at radius 1 is 0.508 bits per heavy atom. The molecule has 1 radical (unpaired) electrons. The predicted octanol–water partition coefficient (Wildman–Crippen LogP) is 11.9. The normalized spacial score (nSPS) is 13.4. The van der Waals surface area contributed by atoms with Gasteiger partial charge in [-0.25, -0.2) is 0 Å². The Balaban J connectivity index is 0.000000162. The molecular formula is C54H48BBrLiO2. The Hall–Kier alpha value is -4.82. The van der Waals surface area contributed by atoms with Crippen LogP contribution in [-0.2, 0) is 10.8 Å². The van der Waals surface area contributed by atoms with E-state index >= 15 is 0 Å². The van der Waals surface area contributed by atoms with E-state index in [1.54, 1.807) is 0 Å². The minimum atomic E-state index is 0. The van der Waals surface area contributed by atoms with E-state index in [1.165, 1.54) is 84.0 Å². The molecule has 1 N–H and O–H groups in total. The van der Waals surface area contributed by atoms with E-state index in [9.17, 15) is 0 Å². The summed E-state index contributed by atoms with van der Waals surface area (Å²) in [6.45, 7) is 15.0. The van der Waals surface area contributed by atoms with Gasteiger partial charge in [-0.2, -0.15) is 6.42 Å². The molecule has 0 saturated carbocycles. The third kappa shape index (κ3) is 8.10. The van der Waals surface area contributed by atoms with Crippen LogP contribution in [0.15, 0.2) is 162 Å². The number of hydrogen-bond donors (Lipinski definition) is 1. The number of unbranched alkanes of at least 4 members (excludes halogenated alkanes) is 1. The Labute approximate surface area is 371 Å². The first-order chi connectivity index (χ1) is 28.0. The van der Waals surface area contributed by atoms with E-state index in [1.807, 2.05) is 18.2 Å². The Morgan fingerprint density at radius 3 is 1.39 bits per heavy atom. The zero-order chi connectivity index (χ0) is 40.6. The monoisotopic (exact) mass is 825 g/mol. The summed E-state index contributed by atoms with van der Waals surface area (Å²) >= 11 is 3.56. The first-order valence-corrected chi connectivity index (χ1v) is 21.0. The molecule has 2 aliphatic rings. The van der Waals surface area contributed by atoms with Gasteiger partial charge >= 0.3 is 26.5 Å². The third-order valence-corrected chi connectivity index (χ3v) is 12.5. The van der Waals surface area contributed by atoms with Gasteiger partial charge in [-0.15, -0.1) is 0 Å². The van der Waals surface area contributed by atoms with Gasteiger partial charge in [0.1, 0.15) is 5.75 Å². The second kappa shape index (κ2) is 17.4. The summed E-state index contributed by atoms with van der Waals surface area (Å²) in [4.78, 5) is 0. The van der Waals surface area contributed by atoms with Crippen molar-refractivity contribution in [3.05, 3.63) is 191 Å². The molecule has 0 aromatic heterocycles. The molecule has 0 spiro atoms. The van der Waals surface area contributed by atoms with Crippen molar-refractivity contribution in [2.75, 3.05) is 0 Å². The molecule has 0 atom stereocenters. The fourth-order valence-corrected chi connectivity index (χ4v) is 9.08. The average Bonchev–Trinajstić information content (AvgIpc) is 3.62. The van der Waals surface area contributed by atoms with E-state index < -0.39 is 0 Å². The predicted molar refractivity (Wildman–Crippen MR) is 250 cm³/mol. The van der Waals surface area contributed by atoms with E-state index in [0.29, 0.717) is 13.4 Å². The Morgan fingerprint density at radius 2 is 0.898 bits per heavy atom. The molecule has 2 aliphatic carbocycles. The smallest absolute Gasteiger partial charge is 0.537 e. The number of rotatable bonds is 5. The second-order valence-electron chi connectivity index (χ2n) is 16.4. The van der Waals surface area contributed by atoms with E-state index in [2.05, 4.69) is 197 Å². The van der Waals surface area contributed by atoms with Crippen molar-refractivity contribution in [1.29, 1.82) is 0 Å². The van der Waals surface area contributed by atoms with Gasteiger partial charge < -0.3 is 16.6 Å². The van der Waals surface area contributed by atoms with E-state index in [0.717, 1.165) is 21.7 Å². The zero-order valence-corrected chi connectivity index (χ0v) is 36.5. The summed E-state index contributed by atoms with van der Waals surface area (Å²) in [5, 5.41) is 13.6. The average molecular weight is 827 g/mol. The maximum Gasteiger partial charge on any atom is 1.00 e. The zero-order valence-electron chi connectivity index (χ0n) is 34.9. The molecule has 10 rings (SSSR count). The molecule has 8 aromatic carbocycles. The van der Waals surface area contributed by atoms with Crippen LogP contribution >= 0.6 is 15.9 Å². The van der Waals surface area contributed by atoms with Crippen molar-refractivity contribution in [2.45, 2.75) is 58.3 Å². The molecule has 0 saturated heterocycles. The largest absolute Gasteiger partial charge is 1.00 e. The summed E-state index contributed by atoms with van der Waals surface area (Å²) in [7, 11) is 0.708. The number of hydrogen-bond acceptors (Lipinski definition) is 2. The number of halogens is 1. The van der Waals surface area contributed by atoms with Crippen LogP contribution in [0.2, 0.25) is 0 Å². The first-order valence-electron chi connectivity index (χ1n) is 20.2. The molecular weight excluding hydrogens is 778 g/mol. The van der Waals surface area contributed by atoms with Gasteiger partial charge in [0.2, 0.25) is 0 Å². The van der Waals surface area contributed by atoms with Gasteiger partial charge in [0.15, 0.2) is 0 Å². The van der Waals surface area contributed by atoms with Crippen LogP contribution in [0.5, 0.6) is 5.75 Å². The van der Waals surface area contributed by atoms with Crippen LogP contribution in [0, 0.1) is 6.92 Å². The van der Waals surface area contributed by atoms with E-state index in [-0.39, 0.29) is 29.7 Å². The van der Waals surface area contributed by atoms with E-state index in [4.69, 9.17) is 9.68 Å². The fourth-order valence-electron chi connectivity index (χ4n) is 8.70. The summed E-state index contributed by atoms with van der Waals surface area (Å²) < 4.78 is 6.18. The molecule has 59 heavy (non-hydrogen) atoms. The topological polar surface area (TPSA) is 29.5 Å². The SMILES string of the molecule is CC1(C)c2ccccc2-c2ccc(-c3ccc4cc(Br)ccc4c3)cc21.CC1(C)c2ccccc2-c2ccc(-c3ccc4cc(O[B]O)ccc4c3)cc21.[CH2-]CCC.[Li+]. The Bertz CT molecular complexity index is 2800. The standard InChI is InChI=1S/C25H20BO2.C25H19Br.C4H9.Li/c1-25(2)23-6-4-3-5-21(23)22-12-10-19(15-24(22)25)16-7-8-18-14-20(28-26-27)11-9-17(18)13-16;1-25(2)23-6-4-3-5-21(23)22-12-10-19(15-24(22)25)16-7-8-18-14-20(26)11-9-17(18)13-16;1-3-4-2;/h3-15,27H,1-2H3;3-15H,1-2H3;1,3-4H2,2H3;/q;;-1;+1. The maximum absolute atomic E-state index is 8.82. The molecule has 5 heteroatoms. The molecule has 8 aromatic rings. The van der Waals surface area contributed by atoms with Crippen molar-refractivity contribution in [3.63, 3.8) is 0 Å².